The average Bonchev–Trinajstić information content (AvgIpc) is 3.49. The van der Waals surface area contributed by atoms with E-state index in [1.54, 1.807) is 27.6 Å². The van der Waals surface area contributed by atoms with Crippen molar-refractivity contribution in [3.8, 4) is 0 Å². The van der Waals surface area contributed by atoms with Crippen LogP contribution in [0.5, 0.6) is 0 Å². The Morgan fingerprint density at radius 3 is 2.59 bits per heavy atom. The Hall–Kier alpha value is -2.58. The van der Waals surface area contributed by atoms with Gasteiger partial charge in [-0.1, -0.05) is 38.1 Å². The van der Waals surface area contributed by atoms with Crippen LogP contribution in [0.15, 0.2) is 43.5 Å². The Bertz CT molecular complexity index is 1200. The lowest BCUT2D eigenvalue weighted by Gasteiger charge is -2.41. The van der Waals surface area contributed by atoms with Crippen LogP contribution in [0.4, 0.5) is 5.69 Å². The van der Waals surface area contributed by atoms with Gasteiger partial charge in [0, 0.05) is 17.0 Å². The maximum absolute atomic E-state index is 14.8. The summed E-state index contributed by atoms with van der Waals surface area (Å²) >= 11 is 1.63. The summed E-state index contributed by atoms with van der Waals surface area (Å²) in [5.74, 6) is -2.18. The molecular weight excluding hydrogens is 536 g/mol. The number of carbonyl (C=O) groups is 3. The van der Waals surface area contributed by atoms with E-state index in [0.717, 1.165) is 36.1 Å². The lowest BCUT2D eigenvalue weighted by molar-refractivity contribution is -0.156. The van der Waals surface area contributed by atoms with Crippen molar-refractivity contribution in [3.05, 3.63) is 54.6 Å². The van der Waals surface area contributed by atoms with Crippen molar-refractivity contribution < 1.29 is 24.2 Å². The molecule has 1 spiro atoms. The minimum absolute atomic E-state index is 0.0870. The van der Waals surface area contributed by atoms with Gasteiger partial charge in [-0.15, -0.1) is 24.9 Å². The zero-order valence-corrected chi connectivity index (χ0v) is 26.0. The van der Waals surface area contributed by atoms with Crippen LogP contribution in [0.3, 0.4) is 0 Å². The molecule has 3 fully saturated rings. The highest BCUT2D eigenvalue weighted by Crippen LogP contribution is 2.72. The zero-order valence-electron chi connectivity index (χ0n) is 25.2. The molecule has 6 atom stereocenters. The fourth-order valence-electron chi connectivity index (χ4n) is 7.23. The monoisotopic (exact) mass is 582 g/mol. The molecule has 3 aliphatic rings. The van der Waals surface area contributed by atoms with Crippen molar-refractivity contribution in [1.82, 2.24) is 4.90 Å². The number of nitrogens with zero attached hydrogens (tertiary/aromatic N) is 2. The molecule has 41 heavy (non-hydrogen) atoms. The van der Waals surface area contributed by atoms with E-state index in [-0.39, 0.29) is 36.9 Å². The highest BCUT2D eigenvalue weighted by molar-refractivity contribution is 8.02. The molecule has 8 heteroatoms. The second kappa shape index (κ2) is 12.3. The molecule has 3 aliphatic heterocycles. The number of aryl methyl sites for hydroxylation is 2. The third kappa shape index (κ3) is 5.38. The zero-order chi connectivity index (χ0) is 30.1. The average molecular weight is 583 g/mol. The number of aliphatic hydroxyl groups excluding tert-OH is 1. The van der Waals surface area contributed by atoms with Gasteiger partial charge in [-0.3, -0.25) is 14.4 Å². The number of thioether (sulfide) groups is 1. The van der Waals surface area contributed by atoms with Gasteiger partial charge in [-0.05, 0) is 76.0 Å². The van der Waals surface area contributed by atoms with Crippen LogP contribution in [0.1, 0.15) is 64.0 Å². The Morgan fingerprint density at radius 1 is 1.22 bits per heavy atom. The number of aliphatic hydroxyl groups is 1. The van der Waals surface area contributed by atoms with Crippen LogP contribution in [-0.2, 0) is 19.1 Å². The van der Waals surface area contributed by atoms with Crippen molar-refractivity contribution in [1.29, 1.82) is 0 Å². The molecule has 2 amide bonds. The standard InChI is InChI=1S/C33H46N2O5S/c1-8-10-11-12-18-40-31(39)27-26-29(37)35(25(20-36)21(3)4)28(33(26)16-15-32(27,7)41-33)30(38)34(17-9-2)24-19-22(5)13-14-23(24)6/h8-9,13-14,19,21,25-28,36H,1-2,10-12,15-18,20H2,3-7H3/t25-,26-,27-,28?,32+,33?/m0/s1. The molecule has 0 aromatic heterocycles. The maximum atomic E-state index is 14.8. The molecule has 0 aliphatic carbocycles. The molecule has 1 aromatic rings. The van der Waals surface area contributed by atoms with E-state index < -0.39 is 33.4 Å². The van der Waals surface area contributed by atoms with Gasteiger partial charge < -0.3 is 19.6 Å². The molecule has 7 nitrogen and oxygen atoms in total. The van der Waals surface area contributed by atoms with Gasteiger partial charge in [0.15, 0.2) is 0 Å². The largest absolute Gasteiger partial charge is 0.465 e. The molecule has 1 aromatic carbocycles. The Kier molecular flexibility index (Phi) is 9.44. The maximum Gasteiger partial charge on any atom is 0.311 e. The van der Waals surface area contributed by atoms with Crippen molar-refractivity contribution in [3.63, 3.8) is 0 Å². The minimum Gasteiger partial charge on any atom is -0.465 e. The van der Waals surface area contributed by atoms with Crippen molar-refractivity contribution in [2.45, 2.75) is 88.3 Å². The number of ether oxygens (including phenoxy) is 1. The lowest BCUT2D eigenvalue weighted by Crippen LogP contribution is -2.58. The summed E-state index contributed by atoms with van der Waals surface area (Å²) in [5, 5.41) is 10.5. The molecule has 224 valence electrons. The topological polar surface area (TPSA) is 87.1 Å². The summed E-state index contributed by atoms with van der Waals surface area (Å²) in [6, 6.07) is 4.63. The third-order valence-electron chi connectivity index (χ3n) is 9.30. The van der Waals surface area contributed by atoms with Crippen LogP contribution in [0.2, 0.25) is 0 Å². The normalized spacial score (nSPS) is 29.0. The number of fused-ring (bicyclic) bond motifs is 1. The number of carbonyl (C=O) groups excluding carboxylic acids is 3. The Morgan fingerprint density at radius 2 is 1.95 bits per heavy atom. The Labute approximate surface area is 249 Å². The second-order valence-electron chi connectivity index (χ2n) is 12.4. The highest BCUT2D eigenvalue weighted by Gasteiger charge is 2.78. The fourth-order valence-corrected chi connectivity index (χ4v) is 9.55. The molecular formula is C33H46N2O5S. The quantitative estimate of drug-likeness (QED) is 0.195. The number of unbranched alkanes of at least 4 members (excludes halogenated alkanes) is 2. The number of benzene rings is 1. The first-order valence-electron chi connectivity index (χ1n) is 14.9. The Balaban J connectivity index is 1.78. The first-order valence-corrected chi connectivity index (χ1v) is 15.7. The fraction of sp³-hybridized carbons (Fsp3) is 0.606. The van der Waals surface area contributed by atoms with Crippen molar-refractivity contribution in [2.75, 3.05) is 24.7 Å². The lowest BCUT2D eigenvalue weighted by atomic mass is 9.66. The molecule has 1 N–H and O–H groups in total. The molecule has 4 rings (SSSR count). The number of hydrogen-bond acceptors (Lipinski definition) is 6. The van der Waals surface area contributed by atoms with Crippen LogP contribution >= 0.6 is 11.8 Å². The summed E-state index contributed by atoms with van der Waals surface area (Å²) in [4.78, 5) is 46.4. The van der Waals surface area contributed by atoms with Crippen LogP contribution in [-0.4, -0.2) is 69.1 Å². The van der Waals surface area contributed by atoms with Crippen LogP contribution in [0, 0.1) is 31.6 Å². The molecule has 0 radical (unpaired) electrons. The number of rotatable bonds is 13. The van der Waals surface area contributed by atoms with E-state index in [1.807, 2.05) is 58.9 Å². The van der Waals surface area contributed by atoms with Gasteiger partial charge in [0.1, 0.15) is 6.04 Å². The van der Waals surface area contributed by atoms with E-state index >= 15 is 0 Å². The van der Waals surface area contributed by atoms with Crippen molar-refractivity contribution in [2.24, 2.45) is 17.8 Å². The summed E-state index contributed by atoms with van der Waals surface area (Å²) in [6.45, 7) is 17.9. The van der Waals surface area contributed by atoms with Gasteiger partial charge in [0.05, 0.1) is 35.8 Å². The van der Waals surface area contributed by atoms with Crippen LogP contribution < -0.4 is 4.90 Å². The van der Waals surface area contributed by atoms with E-state index in [4.69, 9.17) is 4.74 Å². The van der Waals surface area contributed by atoms with Crippen molar-refractivity contribution >= 4 is 35.2 Å². The van der Waals surface area contributed by atoms with Gasteiger partial charge >= 0.3 is 5.97 Å². The van der Waals surface area contributed by atoms with Gasteiger partial charge in [0.25, 0.3) is 5.91 Å². The van der Waals surface area contributed by atoms with E-state index in [1.165, 1.54) is 0 Å². The summed E-state index contributed by atoms with van der Waals surface area (Å²) in [5.41, 5.74) is 2.76. The number of allylic oxidation sites excluding steroid dienone is 1. The number of esters is 1. The van der Waals surface area contributed by atoms with E-state index in [9.17, 15) is 19.5 Å². The number of hydrogen-bond donors (Lipinski definition) is 1. The van der Waals surface area contributed by atoms with Gasteiger partial charge in [-0.2, -0.15) is 0 Å². The number of anilines is 1. The highest BCUT2D eigenvalue weighted by atomic mass is 32.2. The first kappa shape index (κ1) is 31.4. The predicted molar refractivity (Wildman–Crippen MR) is 165 cm³/mol. The van der Waals surface area contributed by atoms with E-state index in [0.29, 0.717) is 19.4 Å². The SMILES string of the molecule is C=CCCCCOC(=O)[C@@H]1[C@H]2C(=O)N([C@@H](CO)C(C)C)C(C(=O)N(CC=C)c3cc(C)ccc3C)C23CC[C@@]1(C)S3. The predicted octanol–water partition coefficient (Wildman–Crippen LogP) is 5.22. The summed E-state index contributed by atoms with van der Waals surface area (Å²) in [6.07, 6.45) is 7.39. The minimum atomic E-state index is -0.823. The van der Waals surface area contributed by atoms with Gasteiger partial charge in [0.2, 0.25) is 5.91 Å². The molecule has 3 saturated heterocycles. The van der Waals surface area contributed by atoms with Crippen LogP contribution in [0.25, 0.3) is 0 Å². The summed E-state index contributed by atoms with van der Waals surface area (Å²) in [7, 11) is 0. The van der Waals surface area contributed by atoms with Gasteiger partial charge in [-0.25, -0.2) is 0 Å². The molecule has 2 unspecified atom stereocenters. The summed E-state index contributed by atoms with van der Waals surface area (Å²) < 4.78 is 4.49. The van der Waals surface area contributed by atoms with E-state index in [2.05, 4.69) is 13.2 Å². The third-order valence-corrected chi connectivity index (χ3v) is 11.3. The smallest absolute Gasteiger partial charge is 0.311 e. The molecule has 2 bridgehead atoms. The number of amides is 2. The molecule has 0 saturated carbocycles. The second-order valence-corrected chi connectivity index (χ2v) is 14.3. The first-order chi connectivity index (χ1) is 19.5. The molecule has 3 heterocycles. The number of likely N-dealkylation sites (tertiary alicyclic amines) is 1.